The maximum atomic E-state index is 6.10. The molecule has 2 aromatic heterocycles. The standard InChI is InChI=1S/C20H17Cl2N5/c1-13-17-7-6-16(26(2)19-8-9-23-20(22)24-19)11-18(17)25-27(13)12-14-4-3-5-15(21)10-14/h3-11H,12H2,1-2H3. The van der Waals surface area contributed by atoms with E-state index in [0.717, 1.165) is 38.7 Å². The Morgan fingerprint density at radius 1 is 1.07 bits per heavy atom. The van der Waals surface area contributed by atoms with E-state index in [1.807, 2.05) is 47.0 Å². The summed E-state index contributed by atoms with van der Waals surface area (Å²) in [4.78, 5) is 10.1. The van der Waals surface area contributed by atoms with Crippen LogP contribution in [0, 0.1) is 6.92 Å². The molecule has 4 aromatic rings. The van der Waals surface area contributed by atoms with Crippen LogP contribution < -0.4 is 4.90 Å². The van der Waals surface area contributed by atoms with Gasteiger partial charge in [-0.15, -0.1) is 0 Å². The van der Waals surface area contributed by atoms with Crippen LogP contribution in [0.4, 0.5) is 11.5 Å². The van der Waals surface area contributed by atoms with Gasteiger partial charge in [-0.2, -0.15) is 5.10 Å². The summed E-state index contributed by atoms with van der Waals surface area (Å²) in [5.74, 6) is 0.726. The minimum atomic E-state index is 0.224. The Kier molecular flexibility index (Phi) is 4.72. The summed E-state index contributed by atoms with van der Waals surface area (Å²) in [5.41, 5.74) is 4.14. The molecule has 0 unspecified atom stereocenters. The molecule has 27 heavy (non-hydrogen) atoms. The average molecular weight is 398 g/mol. The molecule has 5 nitrogen and oxygen atoms in total. The van der Waals surface area contributed by atoms with Gasteiger partial charge in [-0.25, -0.2) is 9.97 Å². The summed E-state index contributed by atoms with van der Waals surface area (Å²) in [6.45, 7) is 2.75. The molecule has 0 amide bonds. The molecule has 0 saturated carbocycles. The van der Waals surface area contributed by atoms with Gasteiger partial charge in [0.1, 0.15) is 5.82 Å². The molecule has 0 saturated heterocycles. The van der Waals surface area contributed by atoms with Crippen molar-refractivity contribution in [2.45, 2.75) is 13.5 Å². The van der Waals surface area contributed by atoms with Crippen molar-refractivity contribution in [3.05, 3.63) is 76.3 Å². The van der Waals surface area contributed by atoms with Gasteiger partial charge in [-0.3, -0.25) is 4.68 Å². The van der Waals surface area contributed by atoms with Crippen molar-refractivity contribution in [1.82, 2.24) is 19.7 Å². The zero-order valence-corrected chi connectivity index (χ0v) is 16.4. The van der Waals surface area contributed by atoms with Gasteiger partial charge < -0.3 is 4.90 Å². The molecule has 0 spiro atoms. The molecule has 4 rings (SSSR count). The summed E-state index contributed by atoms with van der Waals surface area (Å²) in [7, 11) is 1.94. The summed E-state index contributed by atoms with van der Waals surface area (Å²) < 4.78 is 2.00. The highest BCUT2D eigenvalue weighted by Gasteiger charge is 2.12. The lowest BCUT2D eigenvalue weighted by atomic mass is 10.2. The third-order valence-electron chi connectivity index (χ3n) is 4.55. The molecular weight excluding hydrogens is 381 g/mol. The van der Waals surface area contributed by atoms with Crippen molar-refractivity contribution in [1.29, 1.82) is 0 Å². The minimum absolute atomic E-state index is 0.224. The monoisotopic (exact) mass is 397 g/mol. The Morgan fingerprint density at radius 3 is 2.70 bits per heavy atom. The molecule has 2 heterocycles. The number of halogens is 2. The normalized spacial score (nSPS) is 11.1. The molecule has 0 aliphatic rings. The smallest absolute Gasteiger partial charge is 0.224 e. The van der Waals surface area contributed by atoms with Crippen LogP contribution in [0.15, 0.2) is 54.7 Å². The molecule has 0 atom stereocenters. The van der Waals surface area contributed by atoms with Crippen molar-refractivity contribution in [3.8, 4) is 0 Å². The number of aromatic nitrogens is 4. The van der Waals surface area contributed by atoms with Crippen molar-refractivity contribution >= 4 is 45.6 Å². The number of aryl methyl sites for hydroxylation is 1. The first-order valence-electron chi connectivity index (χ1n) is 8.45. The van der Waals surface area contributed by atoms with Gasteiger partial charge >= 0.3 is 0 Å². The van der Waals surface area contributed by atoms with Gasteiger partial charge in [0.2, 0.25) is 5.28 Å². The summed E-state index contributed by atoms with van der Waals surface area (Å²) in [6.07, 6.45) is 1.64. The SMILES string of the molecule is Cc1c2ccc(N(C)c3ccnc(Cl)n3)cc2nn1Cc1cccc(Cl)c1. The molecule has 2 aromatic carbocycles. The van der Waals surface area contributed by atoms with E-state index in [0.29, 0.717) is 6.54 Å². The lowest BCUT2D eigenvalue weighted by Gasteiger charge is -2.18. The lowest BCUT2D eigenvalue weighted by Crippen LogP contribution is -2.11. The first kappa shape index (κ1) is 17.8. The molecule has 0 radical (unpaired) electrons. The van der Waals surface area contributed by atoms with Crippen LogP contribution in [0.2, 0.25) is 10.3 Å². The zero-order chi connectivity index (χ0) is 19.0. The summed E-state index contributed by atoms with van der Waals surface area (Å²) in [6, 6.07) is 15.8. The summed E-state index contributed by atoms with van der Waals surface area (Å²) in [5, 5.41) is 6.85. The highest BCUT2D eigenvalue weighted by Crippen LogP contribution is 2.28. The van der Waals surface area contributed by atoms with Crippen molar-refractivity contribution < 1.29 is 0 Å². The predicted molar refractivity (Wildman–Crippen MR) is 110 cm³/mol. The molecule has 0 aliphatic heterocycles. The van der Waals surface area contributed by atoms with Crippen LogP contribution in [0.1, 0.15) is 11.3 Å². The Balaban J connectivity index is 1.68. The van der Waals surface area contributed by atoms with E-state index in [-0.39, 0.29) is 5.28 Å². The van der Waals surface area contributed by atoms with Crippen molar-refractivity contribution in [2.75, 3.05) is 11.9 Å². The second-order valence-corrected chi connectivity index (χ2v) is 7.09. The Morgan fingerprint density at radius 2 is 1.93 bits per heavy atom. The predicted octanol–water partition coefficient (Wildman–Crippen LogP) is 5.26. The molecule has 136 valence electrons. The van der Waals surface area contributed by atoms with Crippen LogP contribution in [0.5, 0.6) is 0 Å². The maximum Gasteiger partial charge on any atom is 0.224 e. The van der Waals surface area contributed by atoms with Gasteiger partial charge in [0.05, 0.1) is 12.1 Å². The highest BCUT2D eigenvalue weighted by atomic mass is 35.5. The van der Waals surface area contributed by atoms with Gasteiger partial charge in [-0.1, -0.05) is 23.7 Å². The quantitative estimate of drug-likeness (QED) is 0.440. The van der Waals surface area contributed by atoms with E-state index in [1.54, 1.807) is 6.20 Å². The number of hydrogen-bond donors (Lipinski definition) is 0. The van der Waals surface area contributed by atoms with Crippen LogP contribution in [0.25, 0.3) is 10.9 Å². The van der Waals surface area contributed by atoms with E-state index < -0.39 is 0 Å². The number of nitrogens with zero attached hydrogens (tertiary/aromatic N) is 5. The second kappa shape index (κ2) is 7.18. The second-order valence-electron chi connectivity index (χ2n) is 6.32. The van der Waals surface area contributed by atoms with E-state index >= 15 is 0 Å². The Labute approximate surface area is 167 Å². The Bertz CT molecular complexity index is 1120. The van der Waals surface area contributed by atoms with E-state index in [1.165, 1.54) is 0 Å². The third-order valence-corrected chi connectivity index (χ3v) is 4.97. The average Bonchev–Trinajstić information content (AvgIpc) is 2.96. The van der Waals surface area contributed by atoms with Gasteiger partial charge in [-0.05, 0) is 60.5 Å². The Hall–Kier alpha value is -2.63. The molecule has 7 heteroatoms. The first-order chi connectivity index (χ1) is 13.0. The topological polar surface area (TPSA) is 46.8 Å². The third kappa shape index (κ3) is 3.61. The molecule has 0 aliphatic carbocycles. The maximum absolute atomic E-state index is 6.10. The minimum Gasteiger partial charge on any atom is -0.329 e. The van der Waals surface area contributed by atoms with Gasteiger partial charge in [0.15, 0.2) is 0 Å². The van der Waals surface area contributed by atoms with Crippen molar-refractivity contribution in [3.63, 3.8) is 0 Å². The number of anilines is 2. The first-order valence-corrected chi connectivity index (χ1v) is 9.21. The number of fused-ring (bicyclic) bond motifs is 1. The molecule has 0 fully saturated rings. The summed E-state index contributed by atoms with van der Waals surface area (Å²) >= 11 is 12.0. The van der Waals surface area contributed by atoms with Gasteiger partial charge in [0.25, 0.3) is 0 Å². The van der Waals surface area contributed by atoms with Gasteiger partial charge in [0, 0.05) is 35.0 Å². The van der Waals surface area contributed by atoms with Crippen LogP contribution in [-0.4, -0.2) is 26.8 Å². The van der Waals surface area contributed by atoms with E-state index in [2.05, 4.69) is 35.1 Å². The van der Waals surface area contributed by atoms with Crippen LogP contribution in [0.3, 0.4) is 0 Å². The fourth-order valence-electron chi connectivity index (χ4n) is 3.07. The van der Waals surface area contributed by atoms with Crippen molar-refractivity contribution in [2.24, 2.45) is 0 Å². The van der Waals surface area contributed by atoms with Crippen LogP contribution in [-0.2, 0) is 6.54 Å². The van der Waals surface area contributed by atoms with E-state index in [9.17, 15) is 0 Å². The molecule has 0 bridgehead atoms. The van der Waals surface area contributed by atoms with Crippen LogP contribution >= 0.6 is 23.2 Å². The fourth-order valence-corrected chi connectivity index (χ4v) is 3.42. The largest absolute Gasteiger partial charge is 0.329 e. The fraction of sp³-hybridized carbons (Fsp3) is 0.150. The molecule has 0 N–H and O–H groups in total. The highest BCUT2D eigenvalue weighted by molar-refractivity contribution is 6.30. The zero-order valence-electron chi connectivity index (χ0n) is 14.9. The number of rotatable bonds is 4. The molecular formula is C20H17Cl2N5. The number of benzene rings is 2. The number of hydrogen-bond acceptors (Lipinski definition) is 4. The lowest BCUT2D eigenvalue weighted by molar-refractivity contribution is 0.673. The van der Waals surface area contributed by atoms with E-state index in [4.69, 9.17) is 28.3 Å².